The first-order valence-corrected chi connectivity index (χ1v) is 6.28. The number of carbonyl (C=O) groups is 3. The zero-order chi connectivity index (χ0) is 16.5. The highest BCUT2D eigenvalue weighted by Crippen LogP contribution is 2.17. The number of esters is 3. The first-order chi connectivity index (χ1) is 10.5. The molecule has 1 atom stereocenters. The molecule has 1 rings (SSSR count). The molecule has 0 saturated heterocycles. The fraction of sp³-hybridized carbons (Fsp3) is 0.267. The second kappa shape index (κ2) is 8.46. The average molecular weight is 308 g/mol. The van der Waals surface area contributed by atoms with Crippen LogP contribution < -0.4 is 9.47 Å². The lowest BCUT2D eigenvalue weighted by atomic mass is 10.3. The van der Waals surface area contributed by atoms with Crippen molar-refractivity contribution in [2.45, 2.75) is 13.0 Å². The second-order valence-corrected chi connectivity index (χ2v) is 4.03. The van der Waals surface area contributed by atoms with E-state index in [-0.39, 0.29) is 0 Å². The number of ether oxygens (including phenoxy) is 4. The van der Waals surface area contributed by atoms with Crippen molar-refractivity contribution < 1.29 is 33.3 Å². The van der Waals surface area contributed by atoms with E-state index in [1.54, 1.807) is 24.3 Å². The Hall–Kier alpha value is -2.83. The van der Waals surface area contributed by atoms with E-state index in [9.17, 15) is 14.4 Å². The van der Waals surface area contributed by atoms with E-state index >= 15 is 0 Å². The Bertz CT molecular complexity index is 560. The molecule has 0 amide bonds. The Kier molecular flexibility index (Phi) is 6.62. The molecule has 0 aliphatic heterocycles. The maximum absolute atomic E-state index is 11.8. The first-order valence-electron chi connectivity index (χ1n) is 6.28. The van der Waals surface area contributed by atoms with Crippen molar-refractivity contribution in [1.29, 1.82) is 0 Å². The topological polar surface area (TPSA) is 88.1 Å². The molecule has 0 fully saturated rings. The van der Waals surface area contributed by atoms with Crippen LogP contribution in [0.15, 0.2) is 36.4 Å². The minimum absolute atomic E-state index is 0.291. The molecule has 0 radical (unpaired) electrons. The van der Waals surface area contributed by atoms with Crippen molar-refractivity contribution in [3.05, 3.63) is 36.4 Å². The van der Waals surface area contributed by atoms with E-state index < -0.39 is 24.0 Å². The van der Waals surface area contributed by atoms with Crippen molar-refractivity contribution in [1.82, 2.24) is 0 Å². The predicted octanol–water partition coefficient (Wildman–Crippen LogP) is 1.26. The van der Waals surface area contributed by atoms with E-state index in [0.29, 0.717) is 11.5 Å². The highest BCUT2D eigenvalue weighted by molar-refractivity contribution is 5.92. The third-order valence-corrected chi connectivity index (χ3v) is 2.46. The van der Waals surface area contributed by atoms with Gasteiger partial charge in [0.2, 0.25) is 0 Å². The summed E-state index contributed by atoms with van der Waals surface area (Å²) in [5, 5.41) is 0. The Morgan fingerprint density at radius 1 is 0.955 bits per heavy atom. The van der Waals surface area contributed by atoms with Gasteiger partial charge in [-0.25, -0.2) is 14.4 Å². The number of methoxy groups -OCH3 is 2. The highest BCUT2D eigenvalue weighted by atomic mass is 16.6. The van der Waals surface area contributed by atoms with Crippen LogP contribution in [0.2, 0.25) is 0 Å². The third kappa shape index (κ3) is 5.66. The summed E-state index contributed by atoms with van der Waals surface area (Å²) in [4.78, 5) is 33.9. The molecule has 1 unspecified atom stereocenters. The normalized spacial score (nSPS) is 11.6. The van der Waals surface area contributed by atoms with E-state index in [4.69, 9.17) is 14.2 Å². The van der Waals surface area contributed by atoms with Crippen LogP contribution in [0, 0.1) is 0 Å². The summed E-state index contributed by atoms with van der Waals surface area (Å²) >= 11 is 0. The lowest BCUT2D eigenvalue weighted by Crippen LogP contribution is -2.27. The molecule has 118 valence electrons. The number of hydrogen-bond donors (Lipinski definition) is 0. The van der Waals surface area contributed by atoms with Gasteiger partial charge in [-0.15, -0.1) is 0 Å². The van der Waals surface area contributed by atoms with E-state index in [1.165, 1.54) is 21.1 Å². The molecule has 7 heteroatoms. The van der Waals surface area contributed by atoms with E-state index in [0.717, 1.165) is 12.2 Å². The van der Waals surface area contributed by atoms with Gasteiger partial charge in [-0.2, -0.15) is 0 Å². The summed E-state index contributed by atoms with van der Waals surface area (Å²) in [6.45, 7) is 1.36. The van der Waals surface area contributed by atoms with Gasteiger partial charge in [0.05, 0.1) is 14.2 Å². The van der Waals surface area contributed by atoms with Gasteiger partial charge < -0.3 is 18.9 Å². The quantitative estimate of drug-likeness (QED) is 0.444. The van der Waals surface area contributed by atoms with Gasteiger partial charge in [0, 0.05) is 12.2 Å². The van der Waals surface area contributed by atoms with Crippen molar-refractivity contribution in [3.63, 3.8) is 0 Å². The molecule has 0 saturated carbocycles. The molecular formula is C15H16O7. The van der Waals surface area contributed by atoms with Gasteiger partial charge in [0.25, 0.3) is 0 Å². The van der Waals surface area contributed by atoms with Crippen LogP contribution >= 0.6 is 0 Å². The van der Waals surface area contributed by atoms with Crippen molar-refractivity contribution in [3.8, 4) is 11.5 Å². The number of carbonyl (C=O) groups excluding carboxylic acids is 3. The van der Waals surface area contributed by atoms with Gasteiger partial charge in [0.15, 0.2) is 6.10 Å². The Labute approximate surface area is 127 Å². The zero-order valence-electron chi connectivity index (χ0n) is 12.4. The molecule has 0 aliphatic rings. The second-order valence-electron chi connectivity index (χ2n) is 4.03. The minimum Gasteiger partial charge on any atom is -0.497 e. The maximum atomic E-state index is 11.8. The molecule has 7 nitrogen and oxygen atoms in total. The largest absolute Gasteiger partial charge is 0.497 e. The van der Waals surface area contributed by atoms with Crippen molar-refractivity contribution >= 4 is 17.9 Å². The predicted molar refractivity (Wildman–Crippen MR) is 75.3 cm³/mol. The van der Waals surface area contributed by atoms with Gasteiger partial charge >= 0.3 is 17.9 Å². The standard InChI is InChI=1S/C15H16O7/c1-10(21-14(17)9-8-13(16)20-3)15(18)22-12-6-4-11(19-2)5-7-12/h4-10H,1-3H3. The summed E-state index contributed by atoms with van der Waals surface area (Å²) in [5.74, 6) is -1.40. The minimum atomic E-state index is -1.13. The molecule has 0 aromatic heterocycles. The van der Waals surface area contributed by atoms with Gasteiger partial charge in [-0.1, -0.05) is 0 Å². The Balaban J connectivity index is 2.52. The van der Waals surface area contributed by atoms with Crippen LogP contribution in [-0.4, -0.2) is 38.2 Å². The van der Waals surface area contributed by atoms with Gasteiger partial charge in [0.1, 0.15) is 11.5 Å². The molecule has 1 aromatic rings. The van der Waals surface area contributed by atoms with Gasteiger partial charge in [-0.05, 0) is 31.2 Å². The van der Waals surface area contributed by atoms with Crippen LogP contribution in [0.1, 0.15) is 6.92 Å². The highest BCUT2D eigenvalue weighted by Gasteiger charge is 2.19. The van der Waals surface area contributed by atoms with Crippen LogP contribution in [0.4, 0.5) is 0 Å². The summed E-state index contributed by atoms with van der Waals surface area (Å²) in [6.07, 6.45) is 0.629. The van der Waals surface area contributed by atoms with Crippen LogP contribution in [0.3, 0.4) is 0 Å². The number of hydrogen-bond acceptors (Lipinski definition) is 7. The van der Waals surface area contributed by atoms with Crippen LogP contribution in [-0.2, 0) is 23.9 Å². The summed E-state index contributed by atoms with van der Waals surface area (Å²) in [6, 6.07) is 6.33. The molecule has 1 aromatic carbocycles. The van der Waals surface area contributed by atoms with Crippen molar-refractivity contribution in [2.75, 3.05) is 14.2 Å². The fourth-order valence-corrected chi connectivity index (χ4v) is 1.31. The van der Waals surface area contributed by atoms with E-state index in [1.807, 2.05) is 0 Å². The zero-order valence-corrected chi connectivity index (χ0v) is 12.4. The summed E-state index contributed by atoms with van der Waals surface area (Å²) < 4.78 is 19.1. The Morgan fingerprint density at radius 2 is 1.50 bits per heavy atom. The molecule has 0 heterocycles. The molecule has 0 bridgehead atoms. The number of rotatable bonds is 6. The van der Waals surface area contributed by atoms with E-state index in [2.05, 4.69) is 4.74 Å². The smallest absolute Gasteiger partial charge is 0.352 e. The van der Waals surface area contributed by atoms with Crippen LogP contribution in [0.5, 0.6) is 11.5 Å². The lowest BCUT2D eigenvalue weighted by molar-refractivity contribution is -0.157. The maximum Gasteiger partial charge on any atom is 0.352 e. The average Bonchev–Trinajstić information content (AvgIpc) is 2.53. The first kappa shape index (κ1) is 17.2. The SMILES string of the molecule is COC(=O)C=CC(=O)OC(C)C(=O)Oc1ccc(OC)cc1. The number of benzene rings is 1. The molecular weight excluding hydrogens is 292 g/mol. The third-order valence-electron chi connectivity index (χ3n) is 2.46. The fourth-order valence-electron chi connectivity index (χ4n) is 1.31. The Morgan fingerprint density at radius 3 is 2.05 bits per heavy atom. The van der Waals surface area contributed by atoms with Crippen LogP contribution in [0.25, 0.3) is 0 Å². The van der Waals surface area contributed by atoms with Gasteiger partial charge in [-0.3, -0.25) is 0 Å². The molecule has 0 aliphatic carbocycles. The monoisotopic (exact) mass is 308 g/mol. The molecule has 0 spiro atoms. The molecule has 22 heavy (non-hydrogen) atoms. The van der Waals surface area contributed by atoms with Crippen molar-refractivity contribution in [2.24, 2.45) is 0 Å². The summed E-state index contributed by atoms with van der Waals surface area (Å²) in [7, 11) is 2.69. The lowest BCUT2D eigenvalue weighted by Gasteiger charge is -2.11. The summed E-state index contributed by atoms with van der Waals surface area (Å²) in [5.41, 5.74) is 0. The molecule has 0 N–H and O–H groups in total.